The number of fused-ring (bicyclic) bond motifs is 1. The standard InChI is InChI=1S/C13H12O/c1-2-5-12-8-10-6-3-4-7-11(10)9-13(12)14/h2-4,6-9,14H,1,5H2. The molecule has 0 heterocycles. The molecule has 2 rings (SSSR count). The molecule has 0 fully saturated rings. The Morgan fingerprint density at radius 1 is 1.14 bits per heavy atom. The van der Waals surface area contributed by atoms with Gasteiger partial charge in [0.05, 0.1) is 0 Å². The zero-order chi connectivity index (χ0) is 9.97. The summed E-state index contributed by atoms with van der Waals surface area (Å²) in [7, 11) is 0. The summed E-state index contributed by atoms with van der Waals surface area (Å²) < 4.78 is 0. The van der Waals surface area contributed by atoms with E-state index in [2.05, 4.69) is 6.58 Å². The number of rotatable bonds is 2. The van der Waals surface area contributed by atoms with Crippen molar-refractivity contribution in [2.24, 2.45) is 0 Å². The Kier molecular flexibility index (Phi) is 2.23. The minimum absolute atomic E-state index is 0.351. The van der Waals surface area contributed by atoms with Crippen LogP contribution in [-0.2, 0) is 6.42 Å². The van der Waals surface area contributed by atoms with Crippen LogP contribution in [0.4, 0.5) is 0 Å². The van der Waals surface area contributed by atoms with E-state index in [4.69, 9.17) is 0 Å². The fraction of sp³-hybridized carbons (Fsp3) is 0.0769. The summed E-state index contributed by atoms with van der Waals surface area (Å²) in [5.74, 6) is 0.351. The third-order valence-electron chi connectivity index (χ3n) is 2.31. The minimum atomic E-state index is 0.351. The van der Waals surface area contributed by atoms with Crippen molar-refractivity contribution in [3.8, 4) is 5.75 Å². The predicted octanol–water partition coefficient (Wildman–Crippen LogP) is 3.27. The molecule has 70 valence electrons. The average molecular weight is 184 g/mol. The number of phenols is 1. The first-order valence-electron chi connectivity index (χ1n) is 4.63. The Bertz CT molecular complexity index is 472. The number of hydrogen-bond donors (Lipinski definition) is 1. The van der Waals surface area contributed by atoms with Gasteiger partial charge in [-0.3, -0.25) is 0 Å². The Morgan fingerprint density at radius 2 is 1.79 bits per heavy atom. The van der Waals surface area contributed by atoms with E-state index in [9.17, 15) is 5.11 Å². The van der Waals surface area contributed by atoms with Gasteiger partial charge in [-0.05, 0) is 34.9 Å². The summed E-state index contributed by atoms with van der Waals surface area (Å²) in [6.45, 7) is 3.67. The summed E-state index contributed by atoms with van der Waals surface area (Å²) >= 11 is 0. The fourth-order valence-corrected chi connectivity index (χ4v) is 1.59. The maximum absolute atomic E-state index is 9.69. The van der Waals surface area contributed by atoms with Crippen LogP contribution in [0.15, 0.2) is 49.1 Å². The first-order chi connectivity index (χ1) is 6.81. The van der Waals surface area contributed by atoms with E-state index in [0.29, 0.717) is 12.2 Å². The van der Waals surface area contributed by atoms with E-state index in [1.54, 1.807) is 12.1 Å². The molecule has 0 aliphatic heterocycles. The Balaban J connectivity index is 2.64. The summed E-state index contributed by atoms with van der Waals surface area (Å²) in [5, 5.41) is 11.9. The number of benzene rings is 2. The molecule has 1 nitrogen and oxygen atoms in total. The van der Waals surface area contributed by atoms with Crippen LogP contribution in [0.5, 0.6) is 5.75 Å². The van der Waals surface area contributed by atoms with E-state index >= 15 is 0 Å². The summed E-state index contributed by atoms with van der Waals surface area (Å²) in [6, 6.07) is 11.8. The van der Waals surface area contributed by atoms with Crippen LogP contribution in [0.1, 0.15) is 5.56 Å². The fourth-order valence-electron chi connectivity index (χ4n) is 1.59. The van der Waals surface area contributed by atoms with Crippen molar-refractivity contribution < 1.29 is 5.11 Å². The van der Waals surface area contributed by atoms with Crippen molar-refractivity contribution in [1.29, 1.82) is 0 Å². The van der Waals surface area contributed by atoms with E-state index in [0.717, 1.165) is 16.3 Å². The van der Waals surface area contributed by atoms with Crippen LogP contribution in [0.25, 0.3) is 10.8 Å². The second-order valence-corrected chi connectivity index (χ2v) is 3.32. The lowest BCUT2D eigenvalue weighted by Gasteiger charge is -2.04. The van der Waals surface area contributed by atoms with Gasteiger partial charge in [-0.25, -0.2) is 0 Å². The second kappa shape index (κ2) is 3.54. The maximum atomic E-state index is 9.69. The molecule has 0 radical (unpaired) electrons. The molecule has 0 amide bonds. The van der Waals surface area contributed by atoms with Crippen molar-refractivity contribution in [2.75, 3.05) is 0 Å². The molecule has 14 heavy (non-hydrogen) atoms. The zero-order valence-electron chi connectivity index (χ0n) is 7.90. The molecule has 0 saturated heterocycles. The number of aromatic hydroxyl groups is 1. The molecule has 1 N–H and O–H groups in total. The highest BCUT2D eigenvalue weighted by molar-refractivity contribution is 5.84. The van der Waals surface area contributed by atoms with Crippen molar-refractivity contribution in [3.05, 3.63) is 54.6 Å². The van der Waals surface area contributed by atoms with E-state index < -0.39 is 0 Å². The lowest BCUT2D eigenvalue weighted by Crippen LogP contribution is -1.83. The molecule has 0 aliphatic rings. The van der Waals surface area contributed by atoms with E-state index in [1.165, 1.54) is 0 Å². The van der Waals surface area contributed by atoms with Gasteiger partial charge in [0.25, 0.3) is 0 Å². The second-order valence-electron chi connectivity index (χ2n) is 3.32. The van der Waals surface area contributed by atoms with Gasteiger partial charge in [-0.15, -0.1) is 6.58 Å². The third kappa shape index (κ3) is 1.49. The predicted molar refractivity (Wildman–Crippen MR) is 59.5 cm³/mol. The molecule has 2 aromatic rings. The Labute approximate surface area is 83.3 Å². The molecule has 0 atom stereocenters. The smallest absolute Gasteiger partial charge is 0.119 e. The molecule has 0 saturated carbocycles. The maximum Gasteiger partial charge on any atom is 0.119 e. The van der Waals surface area contributed by atoms with Gasteiger partial charge in [0.1, 0.15) is 5.75 Å². The van der Waals surface area contributed by atoms with Gasteiger partial charge in [-0.2, -0.15) is 0 Å². The largest absolute Gasteiger partial charge is 0.508 e. The van der Waals surface area contributed by atoms with E-state index in [1.807, 2.05) is 30.3 Å². The van der Waals surface area contributed by atoms with Crippen molar-refractivity contribution in [1.82, 2.24) is 0 Å². The van der Waals surface area contributed by atoms with Gasteiger partial charge >= 0.3 is 0 Å². The van der Waals surface area contributed by atoms with Crippen LogP contribution < -0.4 is 0 Å². The highest BCUT2D eigenvalue weighted by Gasteiger charge is 2.01. The zero-order valence-corrected chi connectivity index (χ0v) is 7.90. The number of allylic oxidation sites excluding steroid dienone is 1. The van der Waals surface area contributed by atoms with Crippen LogP contribution in [0.2, 0.25) is 0 Å². The lowest BCUT2D eigenvalue weighted by atomic mass is 10.0. The van der Waals surface area contributed by atoms with Gasteiger partial charge in [0.15, 0.2) is 0 Å². The molecule has 1 heteroatoms. The van der Waals surface area contributed by atoms with Crippen molar-refractivity contribution in [3.63, 3.8) is 0 Å². The first-order valence-corrected chi connectivity index (χ1v) is 4.63. The highest BCUT2D eigenvalue weighted by Crippen LogP contribution is 2.25. The molecule has 0 unspecified atom stereocenters. The molecular weight excluding hydrogens is 172 g/mol. The molecule has 2 aromatic carbocycles. The van der Waals surface area contributed by atoms with Gasteiger partial charge in [0.2, 0.25) is 0 Å². The molecular formula is C13H12O. The summed E-state index contributed by atoms with van der Waals surface area (Å²) in [4.78, 5) is 0. The van der Waals surface area contributed by atoms with E-state index in [-0.39, 0.29) is 0 Å². The minimum Gasteiger partial charge on any atom is -0.508 e. The quantitative estimate of drug-likeness (QED) is 0.710. The molecule has 0 aromatic heterocycles. The monoisotopic (exact) mass is 184 g/mol. The molecule has 0 aliphatic carbocycles. The number of phenolic OH excluding ortho intramolecular Hbond substituents is 1. The third-order valence-corrected chi connectivity index (χ3v) is 2.31. The van der Waals surface area contributed by atoms with Crippen LogP contribution in [0.3, 0.4) is 0 Å². The van der Waals surface area contributed by atoms with Crippen LogP contribution >= 0.6 is 0 Å². The molecule has 0 spiro atoms. The van der Waals surface area contributed by atoms with Crippen LogP contribution in [0, 0.1) is 0 Å². The first kappa shape index (κ1) is 8.82. The van der Waals surface area contributed by atoms with Crippen LogP contribution in [-0.4, -0.2) is 5.11 Å². The SMILES string of the molecule is C=CCc1cc2ccccc2cc1O. The van der Waals surface area contributed by atoms with Crippen molar-refractivity contribution >= 4 is 10.8 Å². The molecule has 0 bridgehead atoms. The topological polar surface area (TPSA) is 20.2 Å². The summed E-state index contributed by atoms with van der Waals surface area (Å²) in [6.07, 6.45) is 2.50. The lowest BCUT2D eigenvalue weighted by molar-refractivity contribution is 0.470. The van der Waals surface area contributed by atoms with Gasteiger partial charge in [-0.1, -0.05) is 30.3 Å². The van der Waals surface area contributed by atoms with Gasteiger partial charge in [0, 0.05) is 0 Å². The average Bonchev–Trinajstić information content (AvgIpc) is 2.19. The Morgan fingerprint density at radius 3 is 2.43 bits per heavy atom. The van der Waals surface area contributed by atoms with Crippen molar-refractivity contribution in [2.45, 2.75) is 6.42 Å². The Hall–Kier alpha value is -1.76. The highest BCUT2D eigenvalue weighted by atomic mass is 16.3. The normalized spacial score (nSPS) is 10.3. The number of hydrogen-bond acceptors (Lipinski definition) is 1. The summed E-state index contributed by atoms with van der Waals surface area (Å²) in [5.41, 5.74) is 0.929. The van der Waals surface area contributed by atoms with Gasteiger partial charge < -0.3 is 5.11 Å².